The minimum atomic E-state index is -1.22. The van der Waals surface area contributed by atoms with Gasteiger partial charge in [-0.25, -0.2) is 4.79 Å². The van der Waals surface area contributed by atoms with E-state index in [-0.39, 0.29) is 19.3 Å². The summed E-state index contributed by atoms with van der Waals surface area (Å²) in [6, 6.07) is 4.34. The molecule has 0 radical (unpaired) electrons. The van der Waals surface area contributed by atoms with Gasteiger partial charge in [0.15, 0.2) is 0 Å². The van der Waals surface area contributed by atoms with Crippen molar-refractivity contribution in [2.24, 2.45) is 5.73 Å². The van der Waals surface area contributed by atoms with Crippen molar-refractivity contribution < 1.29 is 24.3 Å². The topological polar surface area (TPSA) is 165 Å². The number of nitrogens with two attached hydrogens (primary N) is 2. The second-order valence-corrected chi connectivity index (χ2v) is 5.19. The standard InChI is InChI=1S/C15H20N4O5/c16-10-3-1-9(2-4-10)7-12(15(23)24)19-14(22)11(18-8-20)5-6-13(17)21/h1-4,8,11-12H,5-7,16H2,(H2,17,21)(H,18,20)(H,19,22)(H,23,24). The molecule has 9 heteroatoms. The van der Waals surface area contributed by atoms with Crippen LogP contribution in [0.15, 0.2) is 24.3 Å². The first-order valence-electron chi connectivity index (χ1n) is 7.19. The summed E-state index contributed by atoms with van der Waals surface area (Å²) >= 11 is 0. The number of carbonyl (C=O) groups excluding carboxylic acids is 3. The van der Waals surface area contributed by atoms with Crippen molar-refractivity contribution in [3.63, 3.8) is 0 Å². The third kappa shape index (κ3) is 6.34. The fourth-order valence-corrected chi connectivity index (χ4v) is 2.02. The summed E-state index contributed by atoms with van der Waals surface area (Å²) in [7, 11) is 0. The number of carboxylic acid groups (broad SMARTS) is 1. The molecule has 1 rings (SSSR count). The summed E-state index contributed by atoms with van der Waals surface area (Å²) in [5.74, 6) is -2.55. The van der Waals surface area contributed by atoms with Gasteiger partial charge in [0.25, 0.3) is 0 Å². The number of primary amides is 1. The molecule has 0 aromatic heterocycles. The van der Waals surface area contributed by atoms with E-state index >= 15 is 0 Å². The predicted octanol–water partition coefficient (Wildman–Crippen LogP) is -1.24. The SMILES string of the molecule is NC(=O)CCC(NC=O)C(=O)NC(Cc1ccc(N)cc1)C(=O)O. The molecule has 2 atom stereocenters. The summed E-state index contributed by atoms with van der Waals surface area (Å²) in [6.07, 6.45) is 0.217. The van der Waals surface area contributed by atoms with Gasteiger partial charge in [0, 0.05) is 18.5 Å². The van der Waals surface area contributed by atoms with Crippen molar-refractivity contribution >= 4 is 29.9 Å². The maximum absolute atomic E-state index is 12.1. The Kier molecular flexibility index (Phi) is 7.21. The summed E-state index contributed by atoms with van der Waals surface area (Å²) in [5.41, 5.74) is 11.8. The highest BCUT2D eigenvalue weighted by Gasteiger charge is 2.25. The van der Waals surface area contributed by atoms with Crippen LogP contribution >= 0.6 is 0 Å². The first kappa shape index (κ1) is 18.9. The number of carboxylic acids is 1. The third-order valence-electron chi connectivity index (χ3n) is 3.30. The largest absolute Gasteiger partial charge is 0.480 e. The van der Waals surface area contributed by atoms with E-state index in [1.165, 1.54) is 0 Å². The molecular weight excluding hydrogens is 316 g/mol. The highest BCUT2D eigenvalue weighted by molar-refractivity contribution is 5.88. The Labute approximate surface area is 138 Å². The zero-order valence-electron chi connectivity index (χ0n) is 12.9. The van der Waals surface area contributed by atoms with Crippen LogP contribution in [0, 0.1) is 0 Å². The second-order valence-electron chi connectivity index (χ2n) is 5.19. The fraction of sp³-hybridized carbons (Fsp3) is 0.333. The van der Waals surface area contributed by atoms with E-state index in [4.69, 9.17) is 11.5 Å². The zero-order valence-corrected chi connectivity index (χ0v) is 12.9. The number of benzene rings is 1. The average Bonchev–Trinajstić information content (AvgIpc) is 2.52. The predicted molar refractivity (Wildman–Crippen MR) is 85.5 cm³/mol. The van der Waals surface area contributed by atoms with Gasteiger partial charge in [-0.1, -0.05) is 12.1 Å². The Balaban J connectivity index is 2.75. The Morgan fingerprint density at radius 1 is 1.17 bits per heavy atom. The number of carbonyl (C=O) groups is 4. The summed E-state index contributed by atoms with van der Waals surface area (Å²) in [6.45, 7) is 0. The number of hydrogen-bond donors (Lipinski definition) is 5. The first-order chi connectivity index (χ1) is 11.3. The van der Waals surface area contributed by atoms with Crippen molar-refractivity contribution in [3.8, 4) is 0 Å². The Morgan fingerprint density at radius 2 is 1.79 bits per heavy atom. The number of amides is 3. The molecule has 1 aromatic rings. The molecule has 0 aliphatic rings. The lowest BCUT2D eigenvalue weighted by Gasteiger charge is -2.19. The molecule has 0 spiro atoms. The molecule has 3 amide bonds. The summed E-state index contributed by atoms with van der Waals surface area (Å²) in [5, 5.41) is 13.9. The zero-order chi connectivity index (χ0) is 18.1. The van der Waals surface area contributed by atoms with Gasteiger partial charge in [-0.3, -0.25) is 14.4 Å². The molecule has 0 aliphatic heterocycles. The van der Waals surface area contributed by atoms with Crippen molar-refractivity contribution in [1.82, 2.24) is 10.6 Å². The molecular formula is C15H20N4O5. The molecule has 9 nitrogen and oxygen atoms in total. The van der Waals surface area contributed by atoms with Gasteiger partial charge in [0.05, 0.1) is 0 Å². The van der Waals surface area contributed by atoms with Crippen LogP contribution in [0.1, 0.15) is 18.4 Å². The van der Waals surface area contributed by atoms with E-state index in [0.29, 0.717) is 17.7 Å². The van der Waals surface area contributed by atoms with Gasteiger partial charge in [-0.2, -0.15) is 0 Å². The Morgan fingerprint density at radius 3 is 2.29 bits per heavy atom. The molecule has 0 fully saturated rings. The minimum absolute atomic E-state index is 0.0197. The molecule has 24 heavy (non-hydrogen) atoms. The number of hydrogen-bond acceptors (Lipinski definition) is 5. The van der Waals surface area contributed by atoms with Crippen LogP contribution in [-0.2, 0) is 25.6 Å². The third-order valence-corrected chi connectivity index (χ3v) is 3.30. The van der Waals surface area contributed by atoms with Crippen LogP contribution in [-0.4, -0.2) is 41.4 Å². The number of nitrogens with one attached hydrogen (secondary N) is 2. The second kappa shape index (κ2) is 9.13. The number of rotatable bonds is 10. The van der Waals surface area contributed by atoms with Crippen molar-refractivity contribution in [1.29, 1.82) is 0 Å². The Bertz CT molecular complexity index is 602. The molecule has 130 valence electrons. The van der Waals surface area contributed by atoms with Gasteiger partial charge >= 0.3 is 5.97 Å². The van der Waals surface area contributed by atoms with E-state index in [1.807, 2.05) is 0 Å². The molecule has 0 saturated carbocycles. The molecule has 1 aromatic carbocycles. The lowest BCUT2D eigenvalue weighted by atomic mass is 10.0. The van der Waals surface area contributed by atoms with Gasteiger partial charge < -0.3 is 27.2 Å². The maximum atomic E-state index is 12.1. The van der Waals surface area contributed by atoms with Crippen LogP contribution < -0.4 is 22.1 Å². The molecule has 2 unspecified atom stereocenters. The highest BCUT2D eigenvalue weighted by Crippen LogP contribution is 2.09. The van der Waals surface area contributed by atoms with Crippen molar-refractivity contribution in [2.75, 3.05) is 5.73 Å². The lowest BCUT2D eigenvalue weighted by molar-refractivity contribution is -0.142. The smallest absolute Gasteiger partial charge is 0.326 e. The minimum Gasteiger partial charge on any atom is -0.480 e. The summed E-state index contributed by atoms with van der Waals surface area (Å²) in [4.78, 5) is 44.9. The van der Waals surface area contributed by atoms with E-state index < -0.39 is 29.9 Å². The molecule has 0 bridgehead atoms. The number of aliphatic carboxylic acids is 1. The Hall–Kier alpha value is -3.10. The van der Waals surface area contributed by atoms with E-state index in [1.54, 1.807) is 24.3 Å². The van der Waals surface area contributed by atoms with E-state index in [2.05, 4.69) is 10.6 Å². The van der Waals surface area contributed by atoms with Crippen LogP contribution in [0.5, 0.6) is 0 Å². The number of nitrogen functional groups attached to an aromatic ring is 1. The van der Waals surface area contributed by atoms with Crippen LogP contribution in [0.2, 0.25) is 0 Å². The van der Waals surface area contributed by atoms with Crippen LogP contribution in [0.25, 0.3) is 0 Å². The van der Waals surface area contributed by atoms with Crippen LogP contribution in [0.3, 0.4) is 0 Å². The monoisotopic (exact) mass is 336 g/mol. The molecule has 7 N–H and O–H groups in total. The van der Waals surface area contributed by atoms with Crippen LogP contribution in [0.4, 0.5) is 5.69 Å². The summed E-state index contributed by atoms with van der Waals surface area (Å²) < 4.78 is 0. The van der Waals surface area contributed by atoms with E-state index in [9.17, 15) is 24.3 Å². The quantitative estimate of drug-likeness (QED) is 0.265. The normalized spacial score (nSPS) is 12.7. The molecule has 0 heterocycles. The fourth-order valence-electron chi connectivity index (χ4n) is 2.02. The van der Waals surface area contributed by atoms with Gasteiger partial charge in [-0.15, -0.1) is 0 Å². The molecule has 0 aliphatic carbocycles. The van der Waals surface area contributed by atoms with Gasteiger partial charge in [0.1, 0.15) is 12.1 Å². The van der Waals surface area contributed by atoms with Gasteiger partial charge in [0.2, 0.25) is 18.2 Å². The van der Waals surface area contributed by atoms with Gasteiger partial charge in [-0.05, 0) is 24.1 Å². The number of anilines is 1. The van der Waals surface area contributed by atoms with E-state index in [0.717, 1.165) is 0 Å². The van der Waals surface area contributed by atoms with Crippen molar-refractivity contribution in [3.05, 3.63) is 29.8 Å². The van der Waals surface area contributed by atoms with Crippen molar-refractivity contribution in [2.45, 2.75) is 31.3 Å². The highest BCUT2D eigenvalue weighted by atomic mass is 16.4. The first-order valence-corrected chi connectivity index (χ1v) is 7.19. The maximum Gasteiger partial charge on any atom is 0.326 e. The lowest BCUT2D eigenvalue weighted by Crippen LogP contribution is -2.51. The average molecular weight is 336 g/mol. The molecule has 0 saturated heterocycles.